The van der Waals surface area contributed by atoms with Crippen LogP contribution in [0.25, 0.3) is 11.5 Å². The van der Waals surface area contributed by atoms with Crippen molar-refractivity contribution in [2.75, 3.05) is 0 Å². The average Bonchev–Trinajstić information content (AvgIpc) is 2.96. The summed E-state index contributed by atoms with van der Waals surface area (Å²) in [6.45, 7) is 0.190. The van der Waals surface area contributed by atoms with Crippen LogP contribution in [0.1, 0.15) is 5.89 Å². The zero-order valence-corrected chi connectivity index (χ0v) is 12.3. The number of ether oxygens (including phenoxy) is 1. The Hall–Kier alpha value is -2.04. The van der Waals surface area contributed by atoms with Gasteiger partial charge in [0, 0.05) is 15.6 Å². The van der Waals surface area contributed by atoms with Gasteiger partial charge in [-0.3, -0.25) is 0 Å². The molecule has 2 aromatic carbocycles. The van der Waals surface area contributed by atoms with E-state index in [1.807, 2.05) is 12.1 Å². The third-order valence-electron chi connectivity index (χ3n) is 2.71. The molecule has 0 amide bonds. The Kier molecular flexibility index (Phi) is 4.08. The normalized spacial score (nSPS) is 10.6. The minimum Gasteiger partial charge on any atom is -0.484 e. The Morgan fingerprint density at radius 2 is 1.76 bits per heavy atom. The van der Waals surface area contributed by atoms with Crippen molar-refractivity contribution in [1.29, 1.82) is 0 Å². The molecule has 0 spiro atoms. The second kappa shape index (κ2) is 6.16. The van der Waals surface area contributed by atoms with E-state index in [-0.39, 0.29) is 6.61 Å². The fraction of sp³-hybridized carbons (Fsp3) is 0.0667. The van der Waals surface area contributed by atoms with Crippen LogP contribution >= 0.6 is 23.2 Å². The molecule has 21 heavy (non-hydrogen) atoms. The Bertz CT molecular complexity index is 741. The molecule has 0 fully saturated rings. The number of rotatable bonds is 4. The summed E-state index contributed by atoms with van der Waals surface area (Å²) in [5.74, 6) is 1.48. The van der Waals surface area contributed by atoms with Crippen LogP contribution in [0, 0.1) is 0 Å². The number of nitrogens with zero attached hydrogens (tertiary/aromatic N) is 2. The molecule has 0 radical (unpaired) electrons. The molecule has 6 heteroatoms. The molecule has 0 saturated heterocycles. The Labute approximate surface area is 131 Å². The summed E-state index contributed by atoms with van der Waals surface area (Å²) in [7, 11) is 0. The predicted molar refractivity (Wildman–Crippen MR) is 80.5 cm³/mol. The summed E-state index contributed by atoms with van der Waals surface area (Å²) in [5.41, 5.74) is 0.771. The van der Waals surface area contributed by atoms with Gasteiger partial charge in [-0.2, -0.15) is 0 Å². The van der Waals surface area contributed by atoms with Crippen LogP contribution in [0.4, 0.5) is 0 Å². The molecule has 0 N–H and O–H groups in total. The van der Waals surface area contributed by atoms with Crippen molar-refractivity contribution in [3.05, 3.63) is 64.5 Å². The second-order valence-electron chi connectivity index (χ2n) is 4.25. The van der Waals surface area contributed by atoms with Gasteiger partial charge >= 0.3 is 0 Å². The van der Waals surface area contributed by atoms with Crippen molar-refractivity contribution >= 4 is 23.2 Å². The molecular weight excluding hydrogens is 311 g/mol. The molecule has 1 aromatic heterocycles. The summed E-state index contributed by atoms with van der Waals surface area (Å²) >= 11 is 11.7. The fourth-order valence-corrected chi connectivity index (χ4v) is 2.04. The van der Waals surface area contributed by atoms with Crippen molar-refractivity contribution in [3.8, 4) is 17.2 Å². The van der Waals surface area contributed by atoms with E-state index >= 15 is 0 Å². The van der Waals surface area contributed by atoms with E-state index < -0.39 is 0 Å². The minimum absolute atomic E-state index is 0.190. The molecule has 0 aliphatic heterocycles. The van der Waals surface area contributed by atoms with Crippen LogP contribution in [0.15, 0.2) is 52.9 Å². The van der Waals surface area contributed by atoms with Crippen molar-refractivity contribution in [2.45, 2.75) is 6.61 Å². The van der Waals surface area contributed by atoms with Gasteiger partial charge in [-0.15, -0.1) is 10.2 Å². The van der Waals surface area contributed by atoms with E-state index in [0.717, 1.165) is 5.56 Å². The predicted octanol–water partition coefficient (Wildman–Crippen LogP) is 4.62. The molecule has 3 aromatic rings. The van der Waals surface area contributed by atoms with E-state index in [1.165, 1.54) is 0 Å². The quantitative estimate of drug-likeness (QED) is 0.703. The smallest absolute Gasteiger partial charge is 0.254 e. The molecule has 0 unspecified atom stereocenters. The third kappa shape index (κ3) is 3.54. The molecule has 0 saturated carbocycles. The van der Waals surface area contributed by atoms with Gasteiger partial charge < -0.3 is 9.15 Å². The lowest BCUT2D eigenvalue weighted by molar-refractivity contribution is 0.264. The maximum atomic E-state index is 5.93. The minimum atomic E-state index is 0.190. The van der Waals surface area contributed by atoms with Gasteiger partial charge in [-0.1, -0.05) is 29.3 Å². The SMILES string of the molecule is Clc1ccc(OCc2nnc(-c3cccc(Cl)c3)o2)cc1. The van der Waals surface area contributed by atoms with Crippen LogP contribution in [0.2, 0.25) is 10.0 Å². The summed E-state index contributed by atoms with van der Waals surface area (Å²) in [5, 5.41) is 9.19. The van der Waals surface area contributed by atoms with Gasteiger partial charge in [0.05, 0.1) is 0 Å². The second-order valence-corrected chi connectivity index (χ2v) is 5.13. The molecule has 106 valence electrons. The molecule has 0 aliphatic carbocycles. The maximum absolute atomic E-state index is 5.93. The highest BCUT2D eigenvalue weighted by molar-refractivity contribution is 6.31. The lowest BCUT2D eigenvalue weighted by Gasteiger charge is -2.02. The number of hydrogen-bond donors (Lipinski definition) is 0. The summed E-state index contributed by atoms with van der Waals surface area (Å²) in [6.07, 6.45) is 0. The topological polar surface area (TPSA) is 48.2 Å². The molecule has 4 nitrogen and oxygen atoms in total. The van der Waals surface area contributed by atoms with E-state index in [4.69, 9.17) is 32.4 Å². The highest BCUT2D eigenvalue weighted by Gasteiger charge is 2.09. The van der Waals surface area contributed by atoms with Gasteiger partial charge in [0.25, 0.3) is 5.89 Å². The first kappa shape index (κ1) is 13.9. The summed E-state index contributed by atoms with van der Waals surface area (Å²) in [4.78, 5) is 0. The van der Waals surface area contributed by atoms with Crippen molar-refractivity contribution in [3.63, 3.8) is 0 Å². The Balaban J connectivity index is 1.69. The monoisotopic (exact) mass is 320 g/mol. The summed E-state index contributed by atoms with van der Waals surface area (Å²) in [6, 6.07) is 14.3. The number of aromatic nitrogens is 2. The van der Waals surface area contributed by atoms with Gasteiger partial charge in [-0.25, -0.2) is 0 Å². The van der Waals surface area contributed by atoms with Gasteiger partial charge in [0.2, 0.25) is 5.89 Å². The molecule has 0 atom stereocenters. The maximum Gasteiger partial charge on any atom is 0.254 e. The van der Waals surface area contributed by atoms with Crippen molar-refractivity contribution in [1.82, 2.24) is 10.2 Å². The lowest BCUT2D eigenvalue weighted by Crippen LogP contribution is -1.95. The summed E-state index contributed by atoms with van der Waals surface area (Å²) < 4.78 is 11.1. The van der Waals surface area contributed by atoms with Crippen molar-refractivity contribution < 1.29 is 9.15 Å². The number of benzene rings is 2. The number of hydrogen-bond acceptors (Lipinski definition) is 4. The van der Waals surface area contributed by atoms with E-state index in [9.17, 15) is 0 Å². The molecule has 0 aliphatic rings. The first-order valence-electron chi connectivity index (χ1n) is 6.17. The number of halogens is 2. The largest absolute Gasteiger partial charge is 0.484 e. The average molecular weight is 321 g/mol. The van der Waals surface area contributed by atoms with Crippen LogP contribution in [-0.4, -0.2) is 10.2 Å². The van der Waals surface area contributed by atoms with E-state index in [1.54, 1.807) is 36.4 Å². The molecule has 1 heterocycles. The highest BCUT2D eigenvalue weighted by atomic mass is 35.5. The fourth-order valence-electron chi connectivity index (χ4n) is 1.73. The van der Waals surface area contributed by atoms with Crippen molar-refractivity contribution in [2.24, 2.45) is 0 Å². The first-order valence-corrected chi connectivity index (χ1v) is 6.93. The van der Waals surface area contributed by atoms with E-state index in [2.05, 4.69) is 10.2 Å². The standard InChI is InChI=1S/C15H10Cl2N2O2/c16-11-4-6-13(7-5-11)20-9-14-18-19-15(21-14)10-2-1-3-12(17)8-10/h1-8H,9H2. The Morgan fingerprint density at radius 1 is 0.952 bits per heavy atom. The highest BCUT2D eigenvalue weighted by Crippen LogP contribution is 2.22. The van der Waals surface area contributed by atoms with Gasteiger partial charge in [0.15, 0.2) is 6.61 Å². The van der Waals surface area contributed by atoms with Crippen LogP contribution in [-0.2, 0) is 6.61 Å². The molecule has 0 bridgehead atoms. The molecule has 3 rings (SSSR count). The zero-order valence-electron chi connectivity index (χ0n) is 10.8. The zero-order chi connectivity index (χ0) is 14.7. The van der Waals surface area contributed by atoms with Gasteiger partial charge in [-0.05, 0) is 42.5 Å². The van der Waals surface area contributed by atoms with Crippen LogP contribution in [0.5, 0.6) is 5.75 Å². The Morgan fingerprint density at radius 3 is 2.52 bits per heavy atom. The van der Waals surface area contributed by atoms with Crippen LogP contribution in [0.3, 0.4) is 0 Å². The first-order chi connectivity index (χ1) is 10.2. The lowest BCUT2D eigenvalue weighted by atomic mass is 10.2. The van der Waals surface area contributed by atoms with Crippen LogP contribution < -0.4 is 4.74 Å². The van der Waals surface area contributed by atoms with E-state index in [0.29, 0.717) is 27.6 Å². The third-order valence-corrected chi connectivity index (χ3v) is 3.20. The van der Waals surface area contributed by atoms with Gasteiger partial charge in [0.1, 0.15) is 5.75 Å². The molecular formula is C15H10Cl2N2O2.